The summed E-state index contributed by atoms with van der Waals surface area (Å²) in [5.74, 6) is -4.86. The first-order chi connectivity index (χ1) is 37.8. The molecule has 458 valence electrons. The molecule has 6 aromatic rings. The van der Waals surface area contributed by atoms with Crippen molar-refractivity contribution in [1.82, 2.24) is 29.3 Å². The van der Waals surface area contributed by atoms with Crippen molar-refractivity contribution >= 4 is 145 Å². The van der Waals surface area contributed by atoms with Gasteiger partial charge < -0.3 is 0 Å². The molecule has 0 aliphatic heterocycles. The Morgan fingerprint density at radius 2 is 0.833 bits per heavy atom. The third-order valence-corrected chi connectivity index (χ3v) is 14.5. The minimum atomic E-state index is -5.01. The Labute approximate surface area is 510 Å². The maximum Gasteiger partial charge on any atom is 0.416 e. The molecule has 44 heteroatoms. The Bertz CT molecular complexity index is 3500. The summed E-state index contributed by atoms with van der Waals surface area (Å²) in [4.78, 5) is 8.82. The molecule has 1 atom stereocenters. The summed E-state index contributed by atoms with van der Waals surface area (Å²) in [5.41, 5.74) is -12.9. The van der Waals surface area contributed by atoms with Crippen LogP contribution >= 0.6 is 128 Å². The molecule has 0 saturated heterocycles. The molecular weight excluding hydrogens is 1450 g/mol. The van der Waals surface area contributed by atoms with Crippen LogP contribution in [0.4, 0.5) is 83.4 Å². The van der Waals surface area contributed by atoms with Crippen LogP contribution in [0.2, 0.25) is 15.1 Å². The van der Waals surface area contributed by atoms with Gasteiger partial charge in [0.15, 0.2) is 40.8 Å². The standard InChI is InChI=1S/C13H3Cl3F7N3OS.C13H3Cl3F7N3S.C13H3Cl3F5N3OS.CH4.H2O2/c14-5-1-4(12(20,21)22)2-6(17)8(5)26-9(11(18)19)10(7(3-24)25-26)28(27)13(15,16)23;14-5-1-4(12(20,21)22)2-6(17)8(5)26-9(11(18)19)10(7(3-24)25-26)27-13(15,16)23;14-6-1-5(12(18,19)20)2-7(17)10(6)24-9(4-25)11(8(3-22)23-24)26-13(15,16)21;;1-2/h1-2,11H;1-2,11H;1-2,4H;1H4;1-2H. The highest BCUT2D eigenvalue weighted by Gasteiger charge is 2.43. The van der Waals surface area contributed by atoms with Gasteiger partial charge in [-0.15, -0.1) is 0 Å². The van der Waals surface area contributed by atoms with E-state index in [-0.39, 0.29) is 76.9 Å². The average molecular weight is 1460 g/mol. The molecule has 0 spiro atoms. The van der Waals surface area contributed by atoms with Gasteiger partial charge in [0, 0.05) is 0 Å². The van der Waals surface area contributed by atoms with Crippen molar-refractivity contribution in [2.45, 2.75) is 65.3 Å². The number of alkyl halides is 22. The second-order valence-corrected chi connectivity index (χ2v) is 24.3. The van der Waals surface area contributed by atoms with Crippen molar-refractivity contribution in [2.75, 3.05) is 0 Å². The van der Waals surface area contributed by atoms with Crippen LogP contribution in [-0.4, -0.2) is 62.1 Å². The topological polar surface area (TPSA) is 199 Å². The first-order valence-electron chi connectivity index (χ1n) is 19.3. The van der Waals surface area contributed by atoms with E-state index in [2.05, 4.69) is 15.3 Å². The third-order valence-electron chi connectivity index (χ3n) is 8.97. The highest BCUT2D eigenvalue weighted by molar-refractivity contribution is 8.03. The molecule has 0 aliphatic carbocycles. The molecule has 84 heavy (non-hydrogen) atoms. The first kappa shape index (κ1) is 75.6. The highest BCUT2D eigenvalue weighted by atomic mass is 35.5. The Morgan fingerprint density at radius 3 is 1.12 bits per heavy atom. The molecule has 0 amide bonds. The van der Waals surface area contributed by atoms with Crippen molar-refractivity contribution in [3.05, 3.63) is 120 Å². The van der Waals surface area contributed by atoms with Gasteiger partial charge in [-0.05, 0) is 59.9 Å². The number of hydrogen-bond acceptors (Lipinski definition) is 12. The monoisotopic (exact) mass is 1460 g/mol. The normalized spacial score (nSPS) is 12.4. The van der Waals surface area contributed by atoms with Crippen LogP contribution < -0.4 is 0 Å². The fraction of sp³-hybridized carbons (Fsp3) is 0.225. The smallest absolute Gasteiger partial charge is 0.296 e. The van der Waals surface area contributed by atoms with Gasteiger partial charge >= 0.3 is 30.3 Å². The number of hydrogen-bond donors (Lipinski definition) is 2. The largest absolute Gasteiger partial charge is 0.416 e. The lowest BCUT2D eigenvalue weighted by Crippen LogP contribution is -2.16. The lowest BCUT2D eigenvalue weighted by atomic mass is 10.2. The summed E-state index contributed by atoms with van der Waals surface area (Å²) in [6.07, 6.45) is -21.9. The van der Waals surface area contributed by atoms with E-state index in [0.717, 1.165) is 0 Å². The quantitative estimate of drug-likeness (QED) is 0.0294. The zero-order valence-electron chi connectivity index (χ0n) is 37.7. The number of carbonyl (C=O) groups excluding carboxylic acids is 1. The van der Waals surface area contributed by atoms with Crippen molar-refractivity contribution < 1.29 is 103 Å². The Morgan fingerprint density at radius 1 is 0.536 bits per heavy atom. The van der Waals surface area contributed by atoms with Gasteiger partial charge in [-0.1, -0.05) is 112 Å². The number of benzene rings is 3. The molecule has 3 heterocycles. The number of aromatic nitrogens is 6. The van der Waals surface area contributed by atoms with Crippen LogP contribution in [-0.2, 0) is 29.3 Å². The van der Waals surface area contributed by atoms with Gasteiger partial charge in [0.2, 0.25) is 0 Å². The summed E-state index contributed by atoms with van der Waals surface area (Å²) in [6, 6.07) is 5.13. The Balaban J connectivity index is 0.000000421. The molecule has 0 bridgehead atoms. The molecule has 0 saturated carbocycles. The van der Waals surface area contributed by atoms with Crippen LogP contribution in [0.1, 0.15) is 75.9 Å². The summed E-state index contributed by atoms with van der Waals surface area (Å²) < 4.78 is 255. The molecule has 6 rings (SSSR count). The molecule has 3 aromatic heterocycles. The number of halogens is 28. The first-order valence-corrected chi connectivity index (χ1v) is 25.5. The molecular formula is C40H15Cl9F19N9O4S3. The second kappa shape index (κ2) is 29.0. The summed E-state index contributed by atoms with van der Waals surface area (Å²) in [7, 11) is -3.30. The predicted octanol–water partition coefficient (Wildman–Crippen LogP) is 18.5. The number of rotatable bonds is 12. The molecule has 1 unspecified atom stereocenters. The zero-order valence-corrected chi connectivity index (χ0v) is 47.0. The van der Waals surface area contributed by atoms with Crippen molar-refractivity contribution in [1.29, 1.82) is 15.8 Å². The van der Waals surface area contributed by atoms with Gasteiger partial charge in [0.05, 0.1) is 41.5 Å². The van der Waals surface area contributed by atoms with Crippen LogP contribution in [0.5, 0.6) is 0 Å². The van der Waals surface area contributed by atoms with E-state index < -0.39 is 169 Å². The summed E-state index contributed by atoms with van der Waals surface area (Å²) >= 11 is 47.3. The lowest BCUT2D eigenvalue weighted by molar-refractivity contribution is -0.176. The maximum absolute atomic E-state index is 14.3. The average Bonchev–Trinajstić information content (AvgIpc) is 4.21. The van der Waals surface area contributed by atoms with Gasteiger partial charge in [-0.2, -0.15) is 83.8 Å². The van der Waals surface area contributed by atoms with Crippen LogP contribution in [0.25, 0.3) is 17.1 Å². The minimum Gasteiger partial charge on any atom is -0.296 e. The number of aldehydes is 1. The predicted molar refractivity (Wildman–Crippen MR) is 267 cm³/mol. The summed E-state index contributed by atoms with van der Waals surface area (Å²) in [6.45, 7) is 0. The molecule has 0 fully saturated rings. The van der Waals surface area contributed by atoms with Crippen molar-refractivity contribution in [3.63, 3.8) is 0 Å². The number of thioether (sulfide) groups is 2. The number of nitriles is 3. The zero-order chi connectivity index (χ0) is 64.2. The van der Waals surface area contributed by atoms with Gasteiger partial charge in [-0.25, -0.2) is 49.0 Å². The van der Waals surface area contributed by atoms with Gasteiger partial charge in [-0.3, -0.25) is 15.3 Å². The second-order valence-electron chi connectivity index (χ2n) is 14.1. The third kappa shape index (κ3) is 18.3. The maximum atomic E-state index is 14.3. The van der Waals surface area contributed by atoms with E-state index in [9.17, 15) is 92.4 Å². The lowest BCUT2D eigenvalue weighted by Gasteiger charge is -2.14. The van der Waals surface area contributed by atoms with E-state index in [1.807, 2.05) is 0 Å². The highest BCUT2D eigenvalue weighted by Crippen LogP contribution is 2.49. The Kier molecular flexibility index (Phi) is 26.1. The Hall–Kier alpha value is -4.52. The van der Waals surface area contributed by atoms with E-state index in [4.69, 9.17) is 131 Å². The van der Waals surface area contributed by atoms with Crippen LogP contribution in [0.15, 0.2) is 51.1 Å². The van der Waals surface area contributed by atoms with Crippen molar-refractivity contribution in [2.24, 2.45) is 0 Å². The van der Waals surface area contributed by atoms with Gasteiger partial charge in [0.25, 0.3) is 12.9 Å². The molecule has 0 aliphatic rings. The summed E-state index contributed by atoms with van der Waals surface area (Å²) in [5, 5.41) is 46.6. The van der Waals surface area contributed by atoms with Crippen LogP contribution in [0.3, 0.4) is 0 Å². The minimum absolute atomic E-state index is 0. The van der Waals surface area contributed by atoms with E-state index in [0.29, 0.717) is 10.7 Å². The van der Waals surface area contributed by atoms with Crippen molar-refractivity contribution in [3.8, 4) is 35.3 Å². The molecule has 3 aromatic carbocycles. The number of nitrogens with zero attached hydrogens (tertiary/aromatic N) is 9. The molecule has 0 radical (unpaired) electrons. The van der Waals surface area contributed by atoms with Gasteiger partial charge in [0.1, 0.15) is 68.0 Å². The van der Waals surface area contributed by atoms with E-state index in [1.54, 1.807) is 0 Å². The van der Waals surface area contributed by atoms with E-state index in [1.165, 1.54) is 18.2 Å². The van der Waals surface area contributed by atoms with E-state index >= 15 is 0 Å². The SMILES string of the molecule is C.N#Cc1nn(-c2c(F)cc(C(F)(F)F)cc2Cl)c(C(F)F)c1S(=O)C(F)(Cl)Cl.N#Cc1nn(-c2c(F)cc(C(F)(F)F)cc2Cl)c(C(F)F)c1SC(F)(Cl)Cl.N#Cc1nn(-c2c(F)cc(C(F)(F)F)cc2Cl)c(C=O)c1SC(F)(Cl)Cl.OO. The van der Waals surface area contributed by atoms with Crippen LogP contribution in [0, 0.1) is 51.4 Å². The molecule has 2 N–H and O–H groups in total. The fourth-order valence-corrected chi connectivity index (χ4v) is 10.5. The fourth-order valence-electron chi connectivity index (χ4n) is 5.99. The molecule has 13 nitrogen and oxygen atoms in total. The number of carbonyl (C=O) groups is 1.